The van der Waals surface area contributed by atoms with Crippen molar-refractivity contribution in [2.75, 3.05) is 19.0 Å². The molecule has 9 nitrogen and oxygen atoms in total. The zero-order valence-electron chi connectivity index (χ0n) is 15.4. The summed E-state index contributed by atoms with van der Waals surface area (Å²) >= 11 is 0. The number of rotatable bonds is 4. The predicted molar refractivity (Wildman–Crippen MR) is 94.5 cm³/mol. The fraction of sp³-hybridized carbons (Fsp3) is 0.556. The summed E-state index contributed by atoms with van der Waals surface area (Å²) in [6.45, 7) is 4.15. The minimum absolute atomic E-state index is 0.0425. The lowest BCUT2D eigenvalue weighted by Crippen LogP contribution is -2.52. The van der Waals surface area contributed by atoms with E-state index in [0.717, 1.165) is 0 Å². The molecule has 1 aromatic rings. The largest absolute Gasteiger partial charge is 0.495 e. The lowest BCUT2D eigenvalue weighted by molar-refractivity contribution is -0.384. The van der Waals surface area contributed by atoms with Crippen LogP contribution in [-0.2, 0) is 19.1 Å². The van der Waals surface area contributed by atoms with Gasteiger partial charge in [-0.3, -0.25) is 19.7 Å². The Morgan fingerprint density at radius 1 is 1.41 bits per heavy atom. The van der Waals surface area contributed by atoms with Gasteiger partial charge < -0.3 is 19.5 Å². The first kappa shape index (κ1) is 19.1. The summed E-state index contributed by atoms with van der Waals surface area (Å²) in [6, 6.07) is 3.94. The number of methoxy groups -OCH3 is 1. The Morgan fingerprint density at radius 3 is 2.78 bits per heavy atom. The molecule has 1 spiro atoms. The number of carbonyl (C=O) groups excluding carboxylic acids is 2. The monoisotopic (exact) mass is 378 g/mol. The van der Waals surface area contributed by atoms with E-state index in [-0.39, 0.29) is 17.8 Å². The summed E-state index contributed by atoms with van der Waals surface area (Å²) in [4.78, 5) is 35.5. The molecule has 2 atom stereocenters. The summed E-state index contributed by atoms with van der Waals surface area (Å²) < 4.78 is 16.5. The van der Waals surface area contributed by atoms with Crippen molar-refractivity contribution in [3.63, 3.8) is 0 Å². The maximum Gasteiger partial charge on any atom is 0.307 e. The molecule has 1 aromatic carbocycles. The van der Waals surface area contributed by atoms with Crippen molar-refractivity contribution in [1.82, 2.24) is 0 Å². The van der Waals surface area contributed by atoms with Crippen molar-refractivity contribution in [2.24, 2.45) is 5.92 Å². The molecule has 9 heteroatoms. The van der Waals surface area contributed by atoms with Gasteiger partial charge >= 0.3 is 5.97 Å². The molecule has 0 saturated carbocycles. The van der Waals surface area contributed by atoms with Crippen LogP contribution in [0.1, 0.15) is 33.1 Å². The van der Waals surface area contributed by atoms with Gasteiger partial charge in [-0.15, -0.1) is 0 Å². The molecule has 2 fully saturated rings. The van der Waals surface area contributed by atoms with Gasteiger partial charge in [0.25, 0.3) is 5.69 Å². The normalized spacial score (nSPS) is 26.5. The van der Waals surface area contributed by atoms with E-state index in [1.807, 2.05) is 13.8 Å². The van der Waals surface area contributed by atoms with Gasteiger partial charge in [0.15, 0.2) is 0 Å². The molecule has 2 aliphatic rings. The number of hydrogen-bond acceptors (Lipinski definition) is 7. The van der Waals surface area contributed by atoms with E-state index in [0.29, 0.717) is 25.2 Å². The van der Waals surface area contributed by atoms with Crippen molar-refractivity contribution in [3.05, 3.63) is 28.3 Å². The lowest BCUT2D eigenvalue weighted by atomic mass is 9.75. The van der Waals surface area contributed by atoms with Crippen LogP contribution >= 0.6 is 0 Å². The summed E-state index contributed by atoms with van der Waals surface area (Å²) in [5, 5.41) is 13.7. The van der Waals surface area contributed by atoms with Gasteiger partial charge in [-0.2, -0.15) is 0 Å². The molecule has 146 valence electrons. The first-order valence-electron chi connectivity index (χ1n) is 8.65. The molecule has 0 bridgehead atoms. The summed E-state index contributed by atoms with van der Waals surface area (Å²) in [5.41, 5.74) is -1.45. The van der Waals surface area contributed by atoms with Crippen LogP contribution in [0, 0.1) is 16.0 Å². The number of nitro benzene ring substituents is 1. The number of amides is 1. The Kier molecular flexibility index (Phi) is 4.81. The van der Waals surface area contributed by atoms with E-state index in [1.165, 1.54) is 25.3 Å². The van der Waals surface area contributed by atoms with Gasteiger partial charge in [0.05, 0.1) is 42.3 Å². The number of anilines is 1. The highest BCUT2D eigenvalue weighted by atomic mass is 16.6. The predicted octanol–water partition coefficient (Wildman–Crippen LogP) is 2.43. The number of ether oxygens (including phenoxy) is 3. The van der Waals surface area contributed by atoms with E-state index in [4.69, 9.17) is 14.2 Å². The van der Waals surface area contributed by atoms with Crippen LogP contribution in [0.2, 0.25) is 0 Å². The maximum atomic E-state index is 13.0. The van der Waals surface area contributed by atoms with E-state index >= 15 is 0 Å². The number of non-ortho nitro benzene ring substituents is 1. The number of esters is 1. The van der Waals surface area contributed by atoms with E-state index in [9.17, 15) is 19.7 Å². The Bertz CT molecular complexity index is 792. The van der Waals surface area contributed by atoms with Crippen molar-refractivity contribution < 1.29 is 28.7 Å². The third-order valence-corrected chi connectivity index (χ3v) is 5.03. The van der Waals surface area contributed by atoms with Gasteiger partial charge in [-0.25, -0.2) is 0 Å². The minimum Gasteiger partial charge on any atom is -0.495 e. The topological polar surface area (TPSA) is 117 Å². The molecule has 1 N–H and O–H groups in total. The number of nitrogens with zero attached hydrogens (tertiary/aromatic N) is 1. The Labute approximate surface area is 156 Å². The van der Waals surface area contributed by atoms with Gasteiger partial charge in [-0.1, -0.05) is 0 Å². The zero-order valence-corrected chi connectivity index (χ0v) is 15.4. The van der Waals surface area contributed by atoms with Gasteiger partial charge in [0, 0.05) is 25.0 Å². The van der Waals surface area contributed by atoms with E-state index in [1.54, 1.807) is 0 Å². The van der Waals surface area contributed by atoms with Crippen LogP contribution < -0.4 is 10.1 Å². The summed E-state index contributed by atoms with van der Waals surface area (Å²) in [7, 11) is 1.40. The second kappa shape index (κ2) is 6.80. The van der Waals surface area contributed by atoms with Crippen molar-refractivity contribution in [1.29, 1.82) is 0 Å². The van der Waals surface area contributed by atoms with Crippen LogP contribution in [0.25, 0.3) is 0 Å². The summed E-state index contributed by atoms with van der Waals surface area (Å²) in [6.07, 6.45) is 0.779. The second-order valence-corrected chi connectivity index (χ2v) is 7.46. The minimum atomic E-state index is -0.934. The van der Waals surface area contributed by atoms with Gasteiger partial charge in [0.1, 0.15) is 11.4 Å². The van der Waals surface area contributed by atoms with E-state index < -0.39 is 33.9 Å². The maximum absolute atomic E-state index is 13.0. The first-order valence-corrected chi connectivity index (χ1v) is 8.65. The number of benzene rings is 1. The molecule has 3 rings (SSSR count). The van der Waals surface area contributed by atoms with Gasteiger partial charge in [-0.05, 0) is 19.9 Å². The van der Waals surface area contributed by atoms with Crippen LogP contribution in [0.4, 0.5) is 11.4 Å². The third-order valence-electron chi connectivity index (χ3n) is 5.03. The van der Waals surface area contributed by atoms with Gasteiger partial charge in [0.2, 0.25) is 5.91 Å². The highest BCUT2D eigenvalue weighted by molar-refractivity contribution is 5.98. The van der Waals surface area contributed by atoms with Crippen molar-refractivity contribution >= 4 is 23.3 Å². The molecule has 2 heterocycles. The molecule has 0 aromatic heterocycles. The average molecular weight is 378 g/mol. The quantitative estimate of drug-likeness (QED) is 0.486. The number of nitro groups is 1. The van der Waals surface area contributed by atoms with Crippen LogP contribution in [0.3, 0.4) is 0 Å². The number of carbonyl (C=O) groups is 2. The third kappa shape index (κ3) is 3.73. The SMILES string of the molecule is COc1ccc([N+](=O)[O-])cc1NC(=O)[C@@H]1CC(=O)O[C@@]12CCOC(C)(C)C2. The summed E-state index contributed by atoms with van der Waals surface area (Å²) in [5.74, 6) is -1.28. The average Bonchev–Trinajstić information content (AvgIpc) is 2.88. The zero-order chi connectivity index (χ0) is 19.8. The highest BCUT2D eigenvalue weighted by Gasteiger charge is 2.56. The molecular formula is C18H22N2O7. The number of nitrogens with one attached hydrogen (secondary N) is 1. The highest BCUT2D eigenvalue weighted by Crippen LogP contribution is 2.46. The fourth-order valence-electron chi connectivity index (χ4n) is 3.90. The van der Waals surface area contributed by atoms with Crippen molar-refractivity contribution in [2.45, 2.75) is 44.3 Å². The fourth-order valence-corrected chi connectivity index (χ4v) is 3.90. The van der Waals surface area contributed by atoms with Crippen LogP contribution in [-0.4, -0.2) is 41.7 Å². The molecule has 0 aliphatic carbocycles. The van der Waals surface area contributed by atoms with Crippen LogP contribution in [0.5, 0.6) is 5.75 Å². The Morgan fingerprint density at radius 2 is 2.15 bits per heavy atom. The molecule has 27 heavy (non-hydrogen) atoms. The molecule has 2 aliphatic heterocycles. The Balaban J connectivity index is 1.88. The molecular weight excluding hydrogens is 356 g/mol. The molecule has 1 amide bonds. The molecule has 2 saturated heterocycles. The smallest absolute Gasteiger partial charge is 0.307 e. The molecule has 0 radical (unpaired) electrons. The standard InChI is InChI=1S/C18H22N2O7/c1-17(2)10-18(6-7-26-17)12(9-15(21)27-18)16(22)19-13-8-11(20(23)24)4-5-14(13)25-3/h4-5,8,12H,6-7,9-10H2,1-3H3,(H,19,22)/t12-,18+/m0/s1. The Hall–Kier alpha value is -2.68. The first-order chi connectivity index (χ1) is 12.7. The van der Waals surface area contributed by atoms with Crippen molar-refractivity contribution in [3.8, 4) is 5.75 Å². The second-order valence-electron chi connectivity index (χ2n) is 7.46. The lowest BCUT2D eigenvalue weighted by Gasteiger charge is -2.43. The van der Waals surface area contributed by atoms with Crippen LogP contribution in [0.15, 0.2) is 18.2 Å². The van der Waals surface area contributed by atoms with E-state index in [2.05, 4.69) is 5.32 Å². The molecule has 0 unspecified atom stereocenters. The number of hydrogen-bond donors (Lipinski definition) is 1.